The Labute approximate surface area is 159 Å². The van der Waals surface area contributed by atoms with Gasteiger partial charge in [0.2, 0.25) is 0 Å². The fourth-order valence-corrected chi connectivity index (χ4v) is 0.575. The molecule has 0 fully saturated rings. The summed E-state index contributed by atoms with van der Waals surface area (Å²) in [7, 11) is -4.98. The normalized spacial score (nSPS) is 8.62. The predicted octanol–water partition coefficient (Wildman–Crippen LogP) is -0.691. The first kappa shape index (κ1) is 20.1. The van der Waals surface area contributed by atoms with Crippen molar-refractivity contribution < 1.29 is 42.3 Å². The second kappa shape index (κ2) is 8.90. The van der Waals surface area contributed by atoms with E-state index in [4.69, 9.17) is 10.2 Å². The summed E-state index contributed by atoms with van der Waals surface area (Å²) in [6.07, 6.45) is -4.35. The van der Waals surface area contributed by atoms with Gasteiger partial charge in [0.05, 0.1) is 0 Å². The molecular formula is C2H6Ba2O8S. The molecule has 0 aliphatic rings. The Morgan fingerprint density at radius 1 is 1.00 bits per heavy atom. The molecule has 0 saturated carbocycles. The molecule has 8 nitrogen and oxygen atoms in total. The van der Waals surface area contributed by atoms with E-state index in [1.54, 1.807) is 0 Å². The third kappa shape index (κ3) is 13.6. The standard InChI is InChI=1S/C2H2O8S.2Ba.4H/c3-1(4)9-11(7,8)10-2(5)6;;;;;;/h(H,3,4)(H,5,6);;;;;;/q;2*+2;4*-1. The Hall–Kier alpha value is 1.63. The van der Waals surface area contributed by atoms with Crippen LogP contribution in [0.1, 0.15) is 5.71 Å². The molecule has 0 spiro atoms. The molecule has 0 heterocycles. The molecule has 0 atom stereocenters. The molecule has 13 heavy (non-hydrogen) atoms. The molecule has 2 N–H and O–H groups in total. The molecule has 0 aliphatic carbocycles. The van der Waals surface area contributed by atoms with E-state index in [-0.39, 0.29) is 103 Å². The zero-order valence-corrected chi connectivity index (χ0v) is 15.9. The van der Waals surface area contributed by atoms with Crippen molar-refractivity contribution in [2.45, 2.75) is 0 Å². The molecule has 0 aromatic carbocycles. The number of hydrogen-bond acceptors (Lipinski definition) is 6. The van der Waals surface area contributed by atoms with Crippen LogP contribution in [0.2, 0.25) is 0 Å². The van der Waals surface area contributed by atoms with Crippen molar-refractivity contribution >= 4 is 120 Å². The maximum absolute atomic E-state index is 10.0. The number of carboxylic acid groups (broad SMARTS) is 2. The van der Waals surface area contributed by atoms with Gasteiger partial charge in [0, 0.05) is 0 Å². The van der Waals surface area contributed by atoms with Crippen LogP contribution in [-0.4, -0.2) is 129 Å². The van der Waals surface area contributed by atoms with Crippen LogP contribution >= 0.6 is 0 Å². The molecule has 0 bridgehead atoms. The monoisotopic (exact) mass is 466 g/mol. The fourth-order valence-electron chi connectivity index (χ4n) is 0.192. The molecule has 0 unspecified atom stereocenters. The van der Waals surface area contributed by atoms with E-state index in [1.807, 2.05) is 0 Å². The van der Waals surface area contributed by atoms with Gasteiger partial charge in [-0.05, 0) is 0 Å². The van der Waals surface area contributed by atoms with Gasteiger partial charge in [-0.25, -0.2) is 9.59 Å². The van der Waals surface area contributed by atoms with Crippen molar-refractivity contribution in [3.63, 3.8) is 0 Å². The fraction of sp³-hybridized carbons (Fsp3) is 0. The van der Waals surface area contributed by atoms with Gasteiger partial charge in [-0.3, -0.25) is 8.37 Å². The summed E-state index contributed by atoms with van der Waals surface area (Å²) >= 11 is 0. The number of carbonyl (C=O) groups is 2. The van der Waals surface area contributed by atoms with Gasteiger partial charge in [-0.15, -0.1) is 8.42 Å². The summed E-state index contributed by atoms with van der Waals surface area (Å²) < 4.78 is 26.2. The molecule has 0 radical (unpaired) electrons. The maximum Gasteiger partial charge on any atom is 2.00 e. The van der Waals surface area contributed by atoms with Crippen LogP contribution in [0.25, 0.3) is 0 Å². The van der Waals surface area contributed by atoms with E-state index in [2.05, 4.69) is 8.37 Å². The molecule has 11 heteroatoms. The summed E-state index contributed by atoms with van der Waals surface area (Å²) in [5.74, 6) is 0. The Bertz CT molecular complexity index is 259. The second-order valence-corrected chi connectivity index (χ2v) is 2.26. The van der Waals surface area contributed by atoms with Crippen LogP contribution in [0.15, 0.2) is 0 Å². The minimum Gasteiger partial charge on any atom is -1.00 e. The minimum atomic E-state index is -4.98. The van der Waals surface area contributed by atoms with Crippen LogP contribution in [0.4, 0.5) is 9.59 Å². The SMILES string of the molecule is O=C(O)OS(=O)(=O)OC(=O)O.[Ba+2].[Ba+2].[H-].[H-].[H-].[H-]. The molecule has 0 aliphatic heterocycles. The second-order valence-electron chi connectivity index (χ2n) is 1.11. The number of hydrogen-bond donors (Lipinski definition) is 2. The quantitative estimate of drug-likeness (QED) is 0.514. The molecule has 0 aromatic heterocycles. The van der Waals surface area contributed by atoms with Gasteiger partial charge in [-0.1, -0.05) is 0 Å². The summed E-state index contributed by atoms with van der Waals surface area (Å²) in [6, 6.07) is 0. The van der Waals surface area contributed by atoms with Crippen LogP contribution in [0.5, 0.6) is 0 Å². The van der Waals surface area contributed by atoms with Crippen LogP contribution in [-0.2, 0) is 18.8 Å². The van der Waals surface area contributed by atoms with Gasteiger partial charge in [0.1, 0.15) is 0 Å². The summed E-state index contributed by atoms with van der Waals surface area (Å²) in [5.41, 5.74) is 0. The van der Waals surface area contributed by atoms with E-state index >= 15 is 0 Å². The summed E-state index contributed by atoms with van der Waals surface area (Å²) in [6.45, 7) is 0. The third-order valence-corrected chi connectivity index (χ3v) is 1.04. The first-order chi connectivity index (χ1) is 4.83. The van der Waals surface area contributed by atoms with Gasteiger partial charge in [0.25, 0.3) is 0 Å². The average molecular weight is 465 g/mol. The number of rotatable bonds is 2. The van der Waals surface area contributed by atoms with Crippen molar-refractivity contribution in [3.8, 4) is 0 Å². The molecule has 0 amide bonds. The Morgan fingerprint density at radius 2 is 1.23 bits per heavy atom. The van der Waals surface area contributed by atoms with Crippen LogP contribution in [0.3, 0.4) is 0 Å². The zero-order chi connectivity index (χ0) is 9.07. The molecule has 0 saturated heterocycles. The van der Waals surface area contributed by atoms with E-state index < -0.39 is 22.7 Å². The van der Waals surface area contributed by atoms with Gasteiger partial charge in [-0.2, -0.15) is 0 Å². The molecule has 0 rings (SSSR count). The van der Waals surface area contributed by atoms with E-state index in [0.717, 1.165) is 0 Å². The van der Waals surface area contributed by atoms with E-state index in [1.165, 1.54) is 0 Å². The summed E-state index contributed by atoms with van der Waals surface area (Å²) in [4.78, 5) is 19.0. The molecular weight excluding hydrogens is 459 g/mol. The summed E-state index contributed by atoms with van der Waals surface area (Å²) in [5, 5.41) is 15.4. The van der Waals surface area contributed by atoms with Gasteiger partial charge < -0.3 is 15.9 Å². The average Bonchev–Trinajstić information content (AvgIpc) is 1.53. The third-order valence-electron chi connectivity index (χ3n) is 0.347. The Balaban J connectivity index is -0.0000000333. The maximum atomic E-state index is 10.0. The van der Waals surface area contributed by atoms with Crippen molar-refractivity contribution in [2.75, 3.05) is 0 Å². The first-order valence-electron chi connectivity index (χ1n) is 1.93. The van der Waals surface area contributed by atoms with Crippen LogP contribution in [0, 0.1) is 0 Å². The minimum absolute atomic E-state index is 0. The smallest absolute Gasteiger partial charge is 1.00 e. The van der Waals surface area contributed by atoms with Crippen LogP contribution < -0.4 is 0 Å². The predicted molar refractivity (Wildman–Crippen MR) is 43.1 cm³/mol. The van der Waals surface area contributed by atoms with Crippen molar-refractivity contribution in [1.82, 2.24) is 0 Å². The first-order valence-corrected chi connectivity index (χ1v) is 3.26. The van der Waals surface area contributed by atoms with Crippen molar-refractivity contribution in [2.24, 2.45) is 0 Å². The Kier molecular flexibility index (Phi) is 13.8. The largest absolute Gasteiger partial charge is 2.00 e. The van der Waals surface area contributed by atoms with Crippen molar-refractivity contribution in [3.05, 3.63) is 0 Å². The topological polar surface area (TPSA) is 127 Å². The van der Waals surface area contributed by atoms with Gasteiger partial charge in [0.15, 0.2) is 0 Å². The molecule has 72 valence electrons. The van der Waals surface area contributed by atoms with E-state index in [0.29, 0.717) is 0 Å². The Morgan fingerprint density at radius 3 is 1.38 bits per heavy atom. The van der Waals surface area contributed by atoms with Gasteiger partial charge >= 0.3 is 120 Å². The van der Waals surface area contributed by atoms with Crippen molar-refractivity contribution in [1.29, 1.82) is 0 Å². The van der Waals surface area contributed by atoms with E-state index in [9.17, 15) is 18.0 Å². The zero-order valence-electron chi connectivity index (χ0n) is 10.2. The molecule has 0 aromatic rings.